The van der Waals surface area contributed by atoms with Crippen molar-refractivity contribution in [2.75, 3.05) is 20.3 Å². The van der Waals surface area contributed by atoms with Crippen molar-refractivity contribution < 1.29 is 19.4 Å². The Kier molecular flexibility index (Phi) is 4.11. The van der Waals surface area contributed by atoms with Crippen LogP contribution in [0.25, 0.3) is 0 Å². The molecule has 2 rings (SSSR count). The van der Waals surface area contributed by atoms with Gasteiger partial charge in [0.15, 0.2) is 0 Å². The number of carboxylic acids is 1. The van der Waals surface area contributed by atoms with Crippen LogP contribution in [-0.2, 0) is 14.3 Å². The van der Waals surface area contributed by atoms with Crippen LogP contribution in [0.2, 0.25) is 0 Å². The second-order valence-electron chi connectivity index (χ2n) is 4.45. The minimum atomic E-state index is -0.949. The largest absolute Gasteiger partial charge is 0.481 e. The minimum absolute atomic E-state index is 0.0338. The van der Waals surface area contributed by atoms with Gasteiger partial charge in [0.1, 0.15) is 0 Å². The van der Waals surface area contributed by atoms with Gasteiger partial charge in [-0.25, -0.2) is 0 Å². The van der Waals surface area contributed by atoms with E-state index in [1.54, 1.807) is 36.5 Å². The van der Waals surface area contributed by atoms with Crippen molar-refractivity contribution >= 4 is 11.9 Å². The van der Waals surface area contributed by atoms with Gasteiger partial charge in [0.25, 0.3) is 0 Å². The number of ether oxygens (including phenoxy) is 1. The lowest BCUT2D eigenvalue weighted by Gasteiger charge is -2.26. The molecule has 6 nitrogen and oxygen atoms in total. The summed E-state index contributed by atoms with van der Waals surface area (Å²) in [6.07, 6.45) is 3.24. The number of amides is 1. The van der Waals surface area contributed by atoms with Gasteiger partial charge in [-0.3, -0.25) is 14.6 Å². The van der Waals surface area contributed by atoms with Crippen molar-refractivity contribution in [2.45, 2.75) is 12.5 Å². The highest BCUT2D eigenvalue weighted by Gasteiger charge is 2.44. The van der Waals surface area contributed by atoms with E-state index in [1.807, 2.05) is 0 Å². The molecule has 1 saturated heterocycles. The highest BCUT2D eigenvalue weighted by Crippen LogP contribution is 2.37. The van der Waals surface area contributed by atoms with Gasteiger partial charge < -0.3 is 14.7 Å². The monoisotopic (exact) mass is 264 g/mol. The van der Waals surface area contributed by atoms with Crippen LogP contribution in [0.1, 0.15) is 18.0 Å². The molecule has 0 saturated carbocycles. The van der Waals surface area contributed by atoms with Crippen LogP contribution < -0.4 is 0 Å². The molecule has 2 heterocycles. The van der Waals surface area contributed by atoms with Gasteiger partial charge in [0.05, 0.1) is 18.6 Å². The number of hydrogen-bond donors (Lipinski definition) is 1. The minimum Gasteiger partial charge on any atom is -0.481 e. The van der Waals surface area contributed by atoms with E-state index in [0.717, 1.165) is 5.56 Å². The Morgan fingerprint density at radius 3 is 2.79 bits per heavy atom. The molecule has 1 N–H and O–H groups in total. The molecule has 2 atom stereocenters. The first-order valence-corrected chi connectivity index (χ1v) is 6.06. The van der Waals surface area contributed by atoms with Crippen molar-refractivity contribution in [1.29, 1.82) is 0 Å². The number of hydrogen-bond acceptors (Lipinski definition) is 4. The Morgan fingerprint density at radius 1 is 1.53 bits per heavy atom. The smallest absolute Gasteiger partial charge is 0.309 e. The molecular weight excluding hydrogens is 248 g/mol. The summed E-state index contributed by atoms with van der Waals surface area (Å²) in [6, 6.07) is 3.06. The number of carbonyl (C=O) groups is 2. The van der Waals surface area contributed by atoms with E-state index >= 15 is 0 Å². The molecule has 0 aromatic carbocycles. The highest BCUT2D eigenvalue weighted by atomic mass is 16.5. The molecule has 0 bridgehead atoms. The second-order valence-corrected chi connectivity index (χ2v) is 4.45. The van der Waals surface area contributed by atoms with Crippen molar-refractivity contribution in [2.24, 2.45) is 5.92 Å². The van der Waals surface area contributed by atoms with Gasteiger partial charge >= 0.3 is 5.97 Å². The molecular formula is C13H16N2O4. The van der Waals surface area contributed by atoms with Gasteiger partial charge in [0.2, 0.25) is 5.91 Å². The molecule has 0 radical (unpaired) electrons. The van der Waals surface area contributed by atoms with Crippen LogP contribution >= 0.6 is 0 Å². The van der Waals surface area contributed by atoms with Gasteiger partial charge in [-0.05, 0) is 17.7 Å². The fourth-order valence-corrected chi connectivity index (χ4v) is 2.44. The summed E-state index contributed by atoms with van der Waals surface area (Å²) in [5.74, 6) is -1.81. The molecule has 19 heavy (non-hydrogen) atoms. The van der Waals surface area contributed by atoms with E-state index in [4.69, 9.17) is 4.74 Å². The normalized spacial score (nSPS) is 22.8. The molecule has 1 aromatic heterocycles. The second kappa shape index (κ2) is 5.79. The maximum Gasteiger partial charge on any atom is 0.309 e. The molecule has 2 unspecified atom stereocenters. The summed E-state index contributed by atoms with van der Waals surface area (Å²) in [7, 11) is 1.55. The third kappa shape index (κ3) is 2.73. The Bertz CT molecular complexity index is 463. The van der Waals surface area contributed by atoms with E-state index in [0.29, 0.717) is 13.2 Å². The maximum absolute atomic E-state index is 12.0. The van der Waals surface area contributed by atoms with Crippen LogP contribution in [0.15, 0.2) is 24.5 Å². The number of aliphatic carboxylic acids is 1. The number of methoxy groups -OCH3 is 1. The zero-order valence-electron chi connectivity index (χ0n) is 10.7. The fraction of sp³-hybridized carbons (Fsp3) is 0.462. The lowest BCUT2D eigenvalue weighted by atomic mass is 9.94. The van der Waals surface area contributed by atoms with Crippen molar-refractivity contribution in [3.05, 3.63) is 30.1 Å². The lowest BCUT2D eigenvalue weighted by Crippen LogP contribution is -2.33. The zero-order valence-corrected chi connectivity index (χ0v) is 10.7. The standard InChI is InChI=1S/C13H16N2O4/c1-19-7-6-15-11(16)8-10(13(17)18)12(15)9-2-4-14-5-3-9/h2-5,10,12H,6-8H2,1H3,(H,17,18). The van der Waals surface area contributed by atoms with Crippen molar-refractivity contribution in [3.63, 3.8) is 0 Å². The predicted molar refractivity (Wildman–Crippen MR) is 66.3 cm³/mol. The number of carboxylic acid groups (broad SMARTS) is 1. The summed E-state index contributed by atoms with van der Waals surface area (Å²) in [4.78, 5) is 28.8. The molecule has 1 aliphatic heterocycles. The summed E-state index contributed by atoms with van der Waals surface area (Å²) < 4.78 is 4.98. The summed E-state index contributed by atoms with van der Waals surface area (Å²) in [5, 5.41) is 9.28. The molecule has 1 amide bonds. The SMILES string of the molecule is COCCN1C(=O)CC(C(=O)O)C1c1ccncc1. The first-order chi connectivity index (χ1) is 9.15. The molecule has 0 aliphatic carbocycles. The Morgan fingerprint density at radius 2 is 2.21 bits per heavy atom. The first kappa shape index (κ1) is 13.5. The topological polar surface area (TPSA) is 79.7 Å². The van der Waals surface area contributed by atoms with Gasteiger partial charge in [-0.2, -0.15) is 0 Å². The molecule has 1 aromatic rings. The van der Waals surface area contributed by atoms with Gasteiger partial charge in [-0.1, -0.05) is 0 Å². The summed E-state index contributed by atoms with van der Waals surface area (Å²) in [6.45, 7) is 0.783. The van der Waals surface area contributed by atoms with Crippen molar-refractivity contribution in [3.8, 4) is 0 Å². The average Bonchev–Trinajstić information content (AvgIpc) is 2.74. The zero-order chi connectivity index (χ0) is 13.8. The van der Waals surface area contributed by atoms with Crippen molar-refractivity contribution in [1.82, 2.24) is 9.88 Å². The molecule has 0 spiro atoms. The highest BCUT2D eigenvalue weighted by molar-refractivity contribution is 5.87. The molecule has 1 aliphatic rings. The number of aromatic nitrogens is 1. The van der Waals surface area contributed by atoms with E-state index in [1.165, 1.54) is 0 Å². The number of pyridine rings is 1. The molecule has 1 fully saturated rings. The lowest BCUT2D eigenvalue weighted by molar-refractivity contribution is -0.142. The summed E-state index contributed by atoms with van der Waals surface area (Å²) in [5.41, 5.74) is 0.796. The number of carbonyl (C=O) groups excluding carboxylic acids is 1. The number of rotatable bonds is 5. The first-order valence-electron chi connectivity index (χ1n) is 6.06. The van der Waals surface area contributed by atoms with Crippen LogP contribution in [-0.4, -0.2) is 47.1 Å². The third-order valence-corrected chi connectivity index (χ3v) is 3.33. The Hall–Kier alpha value is -1.95. The molecule has 102 valence electrons. The average molecular weight is 264 g/mol. The van der Waals surface area contributed by atoms with E-state index in [9.17, 15) is 14.7 Å². The van der Waals surface area contributed by atoms with Crippen LogP contribution in [0.3, 0.4) is 0 Å². The van der Waals surface area contributed by atoms with Crippen LogP contribution in [0.5, 0.6) is 0 Å². The van der Waals surface area contributed by atoms with E-state index in [-0.39, 0.29) is 12.3 Å². The van der Waals surface area contributed by atoms with Crippen LogP contribution in [0, 0.1) is 5.92 Å². The number of nitrogens with zero attached hydrogens (tertiary/aromatic N) is 2. The van der Waals surface area contributed by atoms with E-state index < -0.39 is 17.9 Å². The predicted octanol–water partition coefficient (Wildman–Crippen LogP) is 0.702. The maximum atomic E-state index is 12.0. The Labute approximate surface area is 111 Å². The quantitative estimate of drug-likeness (QED) is 0.847. The Balaban J connectivity index is 2.30. The number of likely N-dealkylation sites (tertiary alicyclic amines) is 1. The summed E-state index contributed by atoms with van der Waals surface area (Å²) >= 11 is 0. The van der Waals surface area contributed by atoms with E-state index in [2.05, 4.69) is 4.98 Å². The molecule has 6 heteroatoms. The van der Waals surface area contributed by atoms with Crippen LogP contribution in [0.4, 0.5) is 0 Å². The van der Waals surface area contributed by atoms with Gasteiger partial charge in [-0.15, -0.1) is 0 Å². The third-order valence-electron chi connectivity index (χ3n) is 3.33. The van der Waals surface area contributed by atoms with Gasteiger partial charge in [0, 0.05) is 32.5 Å². The fourth-order valence-electron chi connectivity index (χ4n) is 2.44.